The molecule has 1 aliphatic carbocycles. The van der Waals surface area contributed by atoms with Crippen LogP contribution >= 0.6 is 0 Å². The molecule has 1 heterocycles. The van der Waals surface area contributed by atoms with Crippen LogP contribution in [0.4, 0.5) is 0 Å². The van der Waals surface area contributed by atoms with Gasteiger partial charge in [0.25, 0.3) is 0 Å². The van der Waals surface area contributed by atoms with Crippen LogP contribution in [0.3, 0.4) is 0 Å². The van der Waals surface area contributed by atoms with E-state index in [0.717, 1.165) is 18.7 Å². The fourth-order valence-electron chi connectivity index (χ4n) is 2.54. The van der Waals surface area contributed by atoms with E-state index in [1.807, 2.05) is 11.5 Å². The monoisotopic (exact) mass is 250 g/mol. The molecule has 1 aliphatic rings. The number of nitrogens with zero attached hydrogens (tertiary/aromatic N) is 3. The third-order valence-electron chi connectivity index (χ3n) is 3.63. The molecule has 0 saturated heterocycles. The van der Waals surface area contributed by atoms with Crippen LogP contribution in [-0.2, 0) is 4.79 Å². The summed E-state index contributed by atoms with van der Waals surface area (Å²) in [4.78, 5) is 12.1. The number of carbonyl (C=O) groups excluding carboxylic acids is 1. The van der Waals surface area contributed by atoms with Gasteiger partial charge in [0.1, 0.15) is 6.33 Å². The Labute approximate surface area is 108 Å². The van der Waals surface area contributed by atoms with E-state index in [1.54, 1.807) is 6.33 Å². The molecule has 0 aliphatic heterocycles. The largest absolute Gasteiger partial charge is 0.346 e. The maximum atomic E-state index is 12.1. The van der Waals surface area contributed by atoms with Gasteiger partial charge in [0.2, 0.25) is 5.91 Å². The molecule has 100 valence electrons. The first-order valence-electron chi connectivity index (χ1n) is 6.79. The molecule has 1 saturated carbocycles. The minimum atomic E-state index is -0.0806. The Morgan fingerprint density at radius 3 is 2.67 bits per heavy atom. The smallest absolute Gasteiger partial charge is 0.223 e. The predicted octanol–water partition coefficient (Wildman–Crippen LogP) is 2.23. The minimum absolute atomic E-state index is 0.0806. The van der Waals surface area contributed by atoms with E-state index in [0.29, 0.717) is 6.04 Å². The Balaban J connectivity index is 2.00. The zero-order valence-corrected chi connectivity index (χ0v) is 11.4. The lowest BCUT2D eigenvalue weighted by molar-refractivity contribution is -0.125. The molecule has 2 rings (SSSR count). The Morgan fingerprint density at radius 1 is 1.39 bits per heavy atom. The molecule has 1 amide bonds. The van der Waals surface area contributed by atoms with Gasteiger partial charge in [-0.15, -0.1) is 10.2 Å². The van der Waals surface area contributed by atoms with Crippen LogP contribution in [0, 0.1) is 5.92 Å². The second-order valence-electron chi connectivity index (χ2n) is 5.40. The van der Waals surface area contributed by atoms with Crippen molar-refractivity contribution in [2.45, 2.75) is 58.5 Å². The van der Waals surface area contributed by atoms with Gasteiger partial charge in [-0.3, -0.25) is 4.79 Å². The molecule has 0 spiro atoms. The zero-order valence-electron chi connectivity index (χ0n) is 11.4. The standard InChI is InChI=1S/C13H22N4O/c1-9(2)17-8-14-16-12(17)10(3)15-13(18)11-6-4-5-7-11/h8-11H,4-7H2,1-3H3,(H,15,18). The average Bonchev–Trinajstić information content (AvgIpc) is 3.00. The molecule has 1 N–H and O–H groups in total. The number of carbonyl (C=O) groups is 1. The molecule has 1 aromatic rings. The minimum Gasteiger partial charge on any atom is -0.346 e. The maximum absolute atomic E-state index is 12.1. The normalized spacial score (nSPS) is 18.2. The van der Waals surface area contributed by atoms with Crippen LogP contribution in [0.5, 0.6) is 0 Å². The summed E-state index contributed by atoms with van der Waals surface area (Å²) in [7, 11) is 0. The van der Waals surface area contributed by atoms with Crippen molar-refractivity contribution in [2.75, 3.05) is 0 Å². The molecular weight excluding hydrogens is 228 g/mol. The number of amides is 1. The predicted molar refractivity (Wildman–Crippen MR) is 68.9 cm³/mol. The topological polar surface area (TPSA) is 59.8 Å². The summed E-state index contributed by atoms with van der Waals surface area (Å²) in [6.45, 7) is 6.13. The van der Waals surface area contributed by atoms with Crippen molar-refractivity contribution in [3.05, 3.63) is 12.2 Å². The Morgan fingerprint density at radius 2 is 2.06 bits per heavy atom. The van der Waals surface area contributed by atoms with Gasteiger partial charge < -0.3 is 9.88 Å². The van der Waals surface area contributed by atoms with Gasteiger partial charge >= 0.3 is 0 Å². The highest BCUT2D eigenvalue weighted by Crippen LogP contribution is 2.25. The van der Waals surface area contributed by atoms with Crippen molar-refractivity contribution >= 4 is 5.91 Å². The lowest BCUT2D eigenvalue weighted by atomic mass is 10.1. The molecule has 0 aromatic carbocycles. The van der Waals surface area contributed by atoms with E-state index in [1.165, 1.54) is 12.8 Å². The SMILES string of the molecule is CC(NC(=O)C1CCCC1)c1nncn1C(C)C. The number of aromatic nitrogens is 3. The maximum Gasteiger partial charge on any atom is 0.223 e. The number of hydrogen-bond acceptors (Lipinski definition) is 3. The molecule has 0 bridgehead atoms. The van der Waals surface area contributed by atoms with Crippen LogP contribution in [0.1, 0.15) is 64.4 Å². The highest BCUT2D eigenvalue weighted by molar-refractivity contribution is 5.79. The van der Waals surface area contributed by atoms with E-state index in [9.17, 15) is 4.79 Å². The molecule has 18 heavy (non-hydrogen) atoms. The van der Waals surface area contributed by atoms with Crippen molar-refractivity contribution in [3.8, 4) is 0 Å². The van der Waals surface area contributed by atoms with E-state index in [2.05, 4.69) is 29.4 Å². The van der Waals surface area contributed by atoms with Crippen LogP contribution in [0.15, 0.2) is 6.33 Å². The summed E-state index contributed by atoms with van der Waals surface area (Å²) in [6.07, 6.45) is 6.12. The third kappa shape index (κ3) is 2.71. The van der Waals surface area contributed by atoms with Crippen molar-refractivity contribution < 1.29 is 4.79 Å². The number of nitrogens with one attached hydrogen (secondary N) is 1. The van der Waals surface area contributed by atoms with Gasteiger partial charge in [-0.1, -0.05) is 12.8 Å². The molecule has 1 unspecified atom stereocenters. The fourth-order valence-corrected chi connectivity index (χ4v) is 2.54. The summed E-state index contributed by atoms with van der Waals surface area (Å²) in [5.41, 5.74) is 0. The zero-order chi connectivity index (χ0) is 13.1. The first-order chi connectivity index (χ1) is 8.59. The van der Waals surface area contributed by atoms with Gasteiger partial charge in [0.05, 0.1) is 6.04 Å². The van der Waals surface area contributed by atoms with E-state index in [4.69, 9.17) is 0 Å². The lowest BCUT2D eigenvalue weighted by Crippen LogP contribution is -2.33. The molecule has 5 heteroatoms. The summed E-state index contributed by atoms with van der Waals surface area (Å²) in [5, 5.41) is 11.1. The molecule has 0 radical (unpaired) electrons. The van der Waals surface area contributed by atoms with Crippen LogP contribution in [-0.4, -0.2) is 20.7 Å². The van der Waals surface area contributed by atoms with Crippen molar-refractivity contribution in [2.24, 2.45) is 5.92 Å². The average molecular weight is 250 g/mol. The summed E-state index contributed by atoms with van der Waals surface area (Å²) >= 11 is 0. The van der Waals surface area contributed by atoms with Crippen LogP contribution in [0.2, 0.25) is 0 Å². The number of rotatable bonds is 4. The summed E-state index contributed by atoms with van der Waals surface area (Å²) in [6, 6.07) is 0.226. The van der Waals surface area contributed by atoms with E-state index >= 15 is 0 Å². The Hall–Kier alpha value is -1.39. The molecule has 1 aromatic heterocycles. The molecule has 1 fully saturated rings. The van der Waals surface area contributed by atoms with Crippen LogP contribution < -0.4 is 5.32 Å². The number of hydrogen-bond donors (Lipinski definition) is 1. The van der Waals surface area contributed by atoms with Crippen molar-refractivity contribution in [1.82, 2.24) is 20.1 Å². The van der Waals surface area contributed by atoms with Crippen molar-refractivity contribution in [1.29, 1.82) is 0 Å². The lowest BCUT2D eigenvalue weighted by Gasteiger charge is -2.18. The van der Waals surface area contributed by atoms with Gasteiger partial charge in [-0.25, -0.2) is 0 Å². The molecule has 5 nitrogen and oxygen atoms in total. The van der Waals surface area contributed by atoms with Crippen molar-refractivity contribution in [3.63, 3.8) is 0 Å². The van der Waals surface area contributed by atoms with Gasteiger partial charge in [0.15, 0.2) is 5.82 Å². The Bertz CT molecular complexity index is 407. The Kier molecular flexibility index (Phi) is 3.99. The van der Waals surface area contributed by atoms with E-state index in [-0.39, 0.29) is 17.9 Å². The highest BCUT2D eigenvalue weighted by Gasteiger charge is 2.25. The summed E-state index contributed by atoms with van der Waals surface area (Å²) in [5.74, 6) is 1.19. The second kappa shape index (κ2) is 5.50. The van der Waals surface area contributed by atoms with Gasteiger partial charge in [0, 0.05) is 12.0 Å². The summed E-state index contributed by atoms with van der Waals surface area (Å²) < 4.78 is 2.00. The molecular formula is C13H22N4O. The highest BCUT2D eigenvalue weighted by atomic mass is 16.1. The molecule has 1 atom stereocenters. The van der Waals surface area contributed by atoms with Crippen LogP contribution in [0.25, 0.3) is 0 Å². The second-order valence-corrected chi connectivity index (χ2v) is 5.40. The van der Waals surface area contributed by atoms with Gasteiger partial charge in [-0.2, -0.15) is 0 Å². The first-order valence-corrected chi connectivity index (χ1v) is 6.79. The van der Waals surface area contributed by atoms with Gasteiger partial charge in [-0.05, 0) is 33.6 Å². The fraction of sp³-hybridized carbons (Fsp3) is 0.769. The quantitative estimate of drug-likeness (QED) is 0.891. The van der Waals surface area contributed by atoms with E-state index < -0.39 is 0 Å². The first kappa shape index (κ1) is 13.1. The third-order valence-corrected chi connectivity index (χ3v) is 3.63.